The molecule has 0 radical (unpaired) electrons. The van der Waals surface area contributed by atoms with Gasteiger partial charge in [0.05, 0.1) is 37.6 Å². The maximum absolute atomic E-state index is 13.8. The fraction of sp³-hybridized carbons (Fsp3) is 0.250. The van der Waals surface area contributed by atoms with Gasteiger partial charge < -0.3 is 19.7 Å². The van der Waals surface area contributed by atoms with E-state index in [9.17, 15) is 9.59 Å². The number of likely N-dealkylation sites (N-methyl/N-ethyl adjacent to an activating group) is 1. The normalized spacial score (nSPS) is 18.7. The molecule has 0 aromatic heterocycles. The summed E-state index contributed by atoms with van der Waals surface area (Å²) in [6.07, 6.45) is -0.111. The van der Waals surface area contributed by atoms with Crippen molar-refractivity contribution in [3.05, 3.63) is 90.0 Å². The van der Waals surface area contributed by atoms with E-state index in [2.05, 4.69) is 5.32 Å². The molecule has 0 spiro atoms. The highest BCUT2D eigenvalue weighted by Gasteiger charge is 2.36. The van der Waals surface area contributed by atoms with Gasteiger partial charge in [-0.2, -0.15) is 5.10 Å². The molecule has 2 aliphatic rings. The van der Waals surface area contributed by atoms with Crippen molar-refractivity contribution in [2.24, 2.45) is 5.10 Å². The van der Waals surface area contributed by atoms with E-state index < -0.39 is 6.10 Å². The topological polar surface area (TPSA) is 83.5 Å². The van der Waals surface area contributed by atoms with Gasteiger partial charge >= 0.3 is 0 Å². The van der Waals surface area contributed by atoms with Gasteiger partial charge in [0.25, 0.3) is 11.8 Å². The van der Waals surface area contributed by atoms with Crippen molar-refractivity contribution in [3.8, 4) is 11.5 Å². The highest BCUT2D eigenvalue weighted by atomic mass is 16.5. The van der Waals surface area contributed by atoms with Crippen LogP contribution in [0, 0.1) is 0 Å². The first kappa shape index (κ1) is 23.4. The molecule has 2 heterocycles. The Bertz CT molecular complexity index is 1280. The SMILES string of the molecule is CNC(=O)[C@H]1CN(CC(=O)N2N=C(c3ccccc3)C[C@H]2c2ccc(OC)cc2)c2ccccc2O1. The number of anilines is 1. The van der Waals surface area contributed by atoms with Crippen LogP contribution >= 0.6 is 0 Å². The van der Waals surface area contributed by atoms with Gasteiger partial charge in [0.1, 0.15) is 11.5 Å². The first-order valence-electron chi connectivity index (χ1n) is 11.9. The second-order valence-electron chi connectivity index (χ2n) is 8.71. The predicted molar refractivity (Wildman–Crippen MR) is 137 cm³/mol. The lowest BCUT2D eigenvalue weighted by atomic mass is 9.98. The van der Waals surface area contributed by atoms with Crippen molar-refractivity contribution >= 4 is 23.2 Å². The number of carbonyl (C=O) groups excluding carboxylic acids is 2. The summed E-state index contributed by atoms with van der Waals surface area (Å²) in [5.41, 5.74) is 3.60. The lowest BCUT2D eigenvalue weighted by Gasteiger charge is -2.36. The number of nitrogens with zero attached hydrogens (tertiary/aromatic N) is 3. The van der Waals surface area contributed by atoms with E-state index >= 15 is 0 Å². The van der Waals surface area contributed by atoms with Crippen molar-refractivity contribution in [1.29, 1.82) is 0 Å². The van der Waals surface area contributed by atoms with Gasteiger partial charge in [-0.05, 0) is 35.4 Å². The van der Waals surface area contributed by atoms with Gasteiger partial charge in [-0.25, -0.2) is 5.01 Å². The van der Waals surface area contributed by atoms with Crippen LogP contribution in [0.1, 0.15) is 23.6 Å². The van der Waals surface area contributed by atoms with Gasteiger partial charge in [0.2, 0.25) is 0 Å². The average molecular weight is 485 g/mol. The van der Waals surface area contributed by atoms with Crippen molar-refractivity contribution in [1.82, 2.24) is 10.3 Å². The lowest BCUT2D eigenvalue weighted by Crippen LogP contribution is -2.50. The molecular weight excluding hydrogens is 456 g/mol. The van der Waals surface area contributed by atoms with Gasteiger partial charge in [-0.3, -0.25) is 9.59 Å². The van der Waals surface area contributed by atoms with Crippen LogP contribution < -0.4 is 19.7 Å². The van der Waals surface area contributed by atoms with E-state index in [0.717, 1.165) is 28.3 Å². The van der Waals surface area contributed by atoms with Crippen molar-refractivity contribution < 1.29 is 19.1 Å². The van der Waals surface area contributed by atoms with Gasteiger partial charge in [-0.15, -0.1) is 0 Å². The third-order valence-corrected chi connectivity index (χ3v) is 6.50. The number of hydrogen-bond donors (Lipinski definition) is 1. The number of benzene rings is 3. The van der Waals surface area contributed by atoms with Crippen LogP contribution in [0.3, 0.4) is 0 Å². The summed E-state index contributed by atoms with van der Waals surface area (Å²) in [6.45, 7) is 0.324. The zero-order valence-corrected chi connectivity index (χ0v) is 20.3. The number of ether oxygens (including phenoxy) is 2. The quantitative estimate of drug-likeness (QED) is 0.580. The molecule has 0 aliphatic carbocycles. The Morgan fingerprint density at radius 3 is 2.47 bits per heavy atom. The molecule has 2 atom stereocenters. The Kier molecular flexibility index (Phi) is 6.58. The first-order chi connectivity index (χ1) is 17.6. The summed E-state index contributed by atoms with van der Waals surface area (Å²) in [5, 5.41) is 9.00. The van der Waals surface area contributed by atoms with E-state index in [1.54, 1.807) is 19.2 Å². The molecule has 184 valence electrons. The summed E-state index contributed by atoms with van der Waals surface area (Å²) < 4.78 is 11.2. The number of rotatable bonds is 6. The second kappa shape index (κ2) is 10.1. The molecule has 2 aliphatic heterocycles. The van der Waals surface area contributed by atoms with E-state index in [4.69, 9.17) is 14.6 Å². The number of fused-ring (bicyclic) bond motifs is 1. The number of nitrogens with one attached hydrogen (secondary N) is 1. The van der Waals surface area contributed by atoms with Crippen LogP contribution in [0.25, 0.3) is 0 Å². The van der Waals surface area contributed by atoms with Gasteiger partial charge in [0.15, 0.2) is 6.10 Å². The maximum atomic E-state index is 13.8. The second-order valence-corrected chi connectivity index (χ2v) is 8.71. The van der Waals surface area contributed by atoms with Crippen LogP contribution in [0.2, 0.25) is 0 Å². The fourth-order valence-electron chi connectivity index (χ4n) is 4.62. The predicted octanol–water partition coefficient (Wildman–Crippen LogP) is 3.39. The van der Waals surface area contributed by atoms with Crippen LogP contribution in [-0.2, 0) is 9.59 Å². The molecule has 36 heavy (non-hydrogen) atoms. The number of hydrazone groups is 1. The molecule has 0 saturated carbocycles. The van der Waals surface area contributed by atoms with Gasteiger partial charge in [-0.1, -0.05) is 54.6 Å². The summed E-state index contributed by atoms with van der Waals surface area (Å²) in [6, 6.07) is 24.8. The highest BCUT2D eigenvalue weighted by molar-refractivity contribution is 6.03. The number of carbonyl (C=O) groups is 2. The number of amides is 2. The molecular formula is C28H28N4O4. The van der Waals surface area contributed by atoms with E-state index in [1.165, 1.54) is 0 Å². The summed E-state index contributed by atoms with van der Waals surface area (Å²) in [4.78, 5) is 28.0. The zero-order valence-electron chi connectivity index (χ0n) is 20.3. The van der Waals surface area contributed by atoms with Crippen molar-refractivity contribution in [3.63, 3.8) is 0 Å². The third-order valence-electron chi connectivity index (χ3n) is 6.50. The molecule has 5 rings (SSSR count). The van der Waals surface area contributed by atoms with Crippen LogP contribution in [0.5, 0.6) is 11.5 Å². The number of hydrogen-bond acceptors (Lipinski definition) is 6. The molecule has 0 bridgehead atoms. The standard InChI is InChI=1S/C28H28N4O4/c1-29-28(34)26-17-31(23-10-6-7-11-25(23)36-26)18-27(33)32-24(20-12-14-21(35-2)15-13-20)16-22(30-32)19-8-4-3-5-9-19/h3-15,24,26H,16-18H2,1-2H3,(H,29,34)/t24-,26+/m0/s1. The average Bonchev–Trinajstić information content (AvgIpc) is 3.39. The molecule has 0 unspecified atom stereocenters. The molecule has 8 nitrogen and oxygen atoms in total. The molecule has 8 heteroatoms. The van der Waals surface area contributed by atoms with Gasteiger partial charge in [0, 0.05) is 13.5 Å². The molecule has 0 fully saturated rings. The van der Waals surface area contributed by atoms with Crippen molar-refractivity contribution in [2.45, 2.75) is 18.6 Å². The lowest BCUT2D eigenvalue weighted by molar-refractivity contribution is -0.132. The minimum absolute atomic E-state index is 0.0616. The summed E-state index contributed by atoms with van der Waals surface area (Å²) in [7, 11) is 3.20. The van der Waals surface area contributed by atoms with Crippen molar-refractivity contribution in [2.75, 3.05) is 32.1 Å². The smallest absolute Gasteiger partial charge is 0.262 e. The Morgan fingerprint density at radius 1 is 1.03 bits per heavy atom. The Hall–Kier alpha value is -4.33. The number of methoxy groups -OCH3 is 1. The molecule has 3 aromatic rings. The van der Waals surface area contributed by atoms with E-state index in [-0.39, 0.29) is 30.9 Å². The molecule has 1 N–H and O–H groups in total. The van der Waals surface area contributed by atoms with E-state index in [0.29, 0.717) is 12.2 Å². The van der Waals surface area contributed by atoms with E-state index in [1.807, 2.05) is 83.8 Å². The minimum Gasteiger partial charge on any atom is -0.497 e. The third kappa shape index (κ3) is 4.62. The highest BCUT2D eigenvalue weighted by Crippen LogP contribution is 2.36. The first-order valence-corrected chi connectivity index (χ1v) is 11.9. The zero-order chi connectivity index (χ0) is 25.1. The van der Waals surface area contributed by atoms with Crippen LogP contribution in [0.4, 0.5) is 5.69 Å². The monoisotopic (exact) mass is 484 g/mol. The molecule has 3 aromatic carbocycles. The Balaban J connectivity index is 1.44. The summed E-state index contributed by atoms with van der Waals surface area (Å²) in [5.74, 6) is 0.938. The summed E-state index contributed by atoms with van der Waals surface area (Å²) >= 11 is 0. The minimum atomic E-state index is -0.711. The largest absolute Gasteiger partial charge is 0.497 e. The fourth-order valence-corrected chi connectivity index (χ4v) is 4.62. The Labute approximate surface area is 210 Å². The van der Waals surface area contributed by atoms with Crippen LogP contribution in [0.15, 0.2) is 84.0 Å². The molecule has 0 saturated heterocycles. The Morgan fingerprint density at radius 2 is 1.75 bits per heavy atom. The number of para-hydroxylation sites is 2. The van der Waals surface area contributed by atoms with Crippen LogP contribution in [-0.4, -0.2) is 55.9 Å². The molecule has 2 amide bonds. The maximum Gasteiger partial charge on any atom is 0.262 e.